The van der Waals surface area contributed by atoms with E-state index in [1.54, 1.807) is 6.07 Å². The largest absolute Gasteiger partial charge is 0.504 e. The molecule has 2 bridgehead atoms. The van der Waals surface area contributed by atoms with Crippen LogP contribution < -0.4 is 5.32 Å². The van der Waals surface area contributed by atoms with Crippen molar-refractivity contribution >= 4 is 11.9 Å². The molecule has 1 aliphatic carbocycles. The molecule has 1 saturated carbocycles. The highest BCUT2D eigenvalue weighted by Crippen LogP contribution is 2.60. The van der Waals surface area contributed by atoms with Crippen molar-refractivity contribution in [2.75, 3.05) is 6.54 Å². The molecule has 1 aromatic carbocycles. The average Bonchev–Trinajstić information content (AvgIpc) is 3.09. The van der Waals surface area contributed by atoms with Crippen LogP contribution in [0.4, 0.5) is 0 Å². The Kier molecular flexibility index (Phi) is 7.12. The molecular formula is C27H37NO9. The van der Waals surface area contributed by atoms with Crippen LogP contribution in [0.3, 0.4) is 0 Å². The molecule has 5 fully saturated rings. The fraction of sp³-hybridized carbons (Fsp3) is 0.704. The lowest BCUT2D eigenvalue weighted by molar-refractivity contribution is -0.576. The van der Waals surface area contributed by atoms with Gasteiger partial charge in [-0.25, -0.2) is 9.78 Å². The van der Waals surface area contributed by atoms with Crippen LogP contribution in [0.5, 0.6) is 11.5 Å². The van der Waals surface area contributed by atoms with E-state index < -0.39 is 29.9 Å². The van der Waals surface area contributed by atoms with Crippen LogP contribution in [0.1, 0.15) is 64.9 Å². The lowest BCUT2D eigenvalue weighted by Gasteiger charge is -2.59. The molecule has 0 radical (unpaired) electrons. The van der Waals surface area contributed by atoms with Crippen molar-refractivity contribution in [3.05, 3.63) is 23.8 Å². The number of rotatable bonds is 7. The third kappa shape index (κ3) is 4.92. The summed E-state index contributed by atoms with van der Waals surface area (Å²) in [6.45, 7) is 6.44. The van der Waals surface area contributed by atoms with E-state index in [1.807, 2.05) is 13.8 Å². The molecule has 1 aromatic rings. The van der Waals surface area contributed by atoms with Gasteiger partial charge in [-0.3, -0.25) is 9.59 Å². The molecule has 37 heavy (non-hydrogen) atoms. The van der Waals surface area contributed by atoms with Gasteiger partial charge >= 0.3 is 5.97 Å². The lowest BCUT2D eigenvalue weighted by Crippen LogP contribution is -2.70. The average molecular weight is 520 g/mol. The van der Waals surface area contributed by atoms with Crippen LogP contribution >= 0.6 is 0 Å². The van der Waals surface area contributed by atoms with Crippen LogP contribution in [0, 0.1) is 23.7 Å². The zero-order valence-electron chi connectivity index (χ0n) is 21.6. The number of hydrogen-bond acceptors (Lipinski definition) is 9. The number of esters is 1. The number of phenolic OH excluding ortho intramolecular Hbond substituents is 2. The van der Waals surface area contributed by atoms with Crippen molar-refractivity contribution < 1.29 is 43.8 Å². The van der Waals surface area contributed by atoms with Crippen LogP contribution in [0.15, 0.2) is 18.2 Å². The Hall–Kier alpha value is -2.40. The highest BCUT2D eigenvalue weighted by atomic mass is 17.3. The van der Waals surface area contributed by atoms with Crippen LogP contribution in [-0.4, -0.2) is 52.6 Å². The Bertz CT molecular complexity index is 1030. The molecule has 204 valence electrons. The number of aromatic hydroxyl groups is 2. The van der Waals surface area contributed by atoms with Gasteiger partial charge in [-0.05, 0) is 62.1 Å². The minimum atomic E-state index is -0.899. The van der Waals surface area contributed by atoms with Gasteiger partial charge in [0.25, 0.3) is 0 Å². The predicted molar refractivity (Wildman–Crippen MR) is 129 cm³/mol. The molecule has 0 aromatic heterocycles. The number of fused-ring (bicyclic) bond motifs is 2. The van der Waals surface area contributed by atoms with E-state index in [9.17, 15) is 19.8 Å². The van der Waals surface area contributed by atoms with Gasteiger partial charge in [-0.1, -0.05) is 19.9 Å². The second-order valence-corrected chi connectivity index (χ2v) is 11.2. The highest BCUT2D eigenvalue weighted by molar-refractivity contribution is 5.81. The van der Waals surface area contributed by atoms with Gasteiger partial charge < -0.3 is 29.7 Å². The molecule has 4 heterocycles. The molecule has 10 nitrogen and oxygen atoms in total. The topological polar surface area (TPSA) is 133 Å². The zero-order chi connectivity index (χ0) is 26.4. The Morgan fingerprint density at radius 1 is 1.08 bits per heavy atom. The van der Waals surface area contributed by atoms with E-state index in [1.165, 1.54) is 12.1 Å². The fourth-order valence-electron chi connectivity index (χ4n) is 6.57. The molecule has 5 aliphatic rings. The fourth-order valence-corrected chi connectivity index (χ4v) is 6.57. The summed E-state index contributed by atoms with van der Waals surface area (Å²) in [6.07, 6.45) is 2.50. The van der Waals surface area contributed by atoms with Crippen molar-refractivity contribution in [3.63, 3.8) is 0 Å². The molecule has 4 saturated heterocycles. The number of ether oxygens (including phenoxy) is 3. The quantitative estimate of drug-likeness (QED) is 0.282. The number of amides is 1. The van der Waals surface area contributed by atoms with E-state index >= 15 is 0 Å². The summed E-state index contributed by atoms with van der Waals surface area (Å²) in [5.74, 6) is -1.47. The van der Waals surface area contributed by atoms with Gasteiger partial charge in [-0.15, -0.1) is 0 Å². The smallest absolute Gasteiger partial charge is 0.308 e. The summed E-state index contributed by atoms with van der Waals surface area (Å²) in [4.78, 5) is 36.8. The molecule has 8 atom stereocenters. The Morgan fingerprint density at radius 3 is 2.68 bits per heavy atom. The summed E-state index contributed by atoms with van der Waals surface area (Å²) in [5, 5.41) is 21.7. The molecule has 6 rings (SSSR count). The first-order valence-electron chi connectivity index (χ1n) is 13.3. The number of nitrogens with one attached hydrogen (secondary N) is 1. The monoisotopic (exact) mass is 519 g/mol. The van der Waals surface area contributed by atoms with Gasteiger partial charge in [0.1, 0.15) is 0 Å². The first kappa shape index (κ1) is 26.2. The van der Waals surface area contributed by atoms with E-state index in [-0.39, 0.29) is 48.0 Å². The minimum Gasteiger partial charge on any atom is -0.504 e. The number of carbonyl (C=O) groups is 2. The zero-order valence-corrected chi connectivity index (χ0v) is 21.6. The summed E-state index contributed by atoms with van der Waals surface area (Å²) in [5.41, 5.74) is 0.0534. The molecule has 1 amide bonds. The third-order valence-corrected chi connectivity index (χ3v) is 8.68. The second-order valence-electron chi connectivity index (χ2n) is 11.2. The Morgan fingerprint density at radius 2 is 1.89 bits per heavy atom. The normalized spacial score (nSPS) is 38.4. The van der Waals surface area contributed by atoms with E-state index in [2.05, 4.69) is 12.2 Å². The van der Waals surface area contributed by atoms with E-state index in [0.717, 1.165) is 24.8 Å². The molecule has 0 unspecified atom stereocenters. The van der Waals surface area contributed by atoms with Gasteiger partial charge in [0.05, 0.1) is 6.42 Å². The van der Waals surface area contributed by atoms with Crippen molar-refractivity contribution in [1.29, 1.82) is 0 Å². The maximum atomic E-state index is 12.7. The lowest BCUT2D eigenvalue weighted by atomic mass is 9.58. The van der Waals surface area contributed by atoms with Crippen LogP contribution in [0.2, 0.25) is 0 Å². The van der Waals surface area contributed by atoms with Crippen molar-refractivity contribution in [1.82, 2.24) is 5.32 Å². The number of phenols is 2. The van der Waals surface area contributed by atoms with Crippen LogP contribution in [-0.2, 0) is 40.0 Å². The Labute approximate surface area is 216 Å². The van der Waals surface area contributed by atoms with Crippen LogP contribution in [0.25, 0.3) is 0 Å². The van der Waals surface area contributed by atoms with Crippen molar-refractivity contribution in [2.24, 2.45) is 23.7 Å². The summed E-state index contributed by atoms with van der Waals surface area (Å²) >= 11 is 0. The maximum absolute atomic E-state index is 12.7. The summed E-state index contributed by atoms with van der Waals surface area (Å²) in [7, 11) is 0. The second kappa shape index (κ2) is 10.1. The number of benzene rings is 1. The third-order valence-electron chi connectivity index (χ3n) is 8.68. The first-order chi connectivity index (χ1) is 17.6. The molecule has 4 aliphatic heterocycles. The molecule has 3 N–H and O–H groups in total. The summed E-state index contributed by atoms with van der Waals surface area (Å²) < 4.78 is 18.3. The van der Waals surface area contributed by atoms with Gasteiger partial charge in [0.2, 0.25) is 18.0 Å². The SMILES string of the molecule is C[C@H]1[C@H](OC(=O)CCC(=O)NCCc2ccc(O)c(O)c2)O[C@H]2O[C@]3(C)CC[C@H]4[C@@H](C)CC[C@H]1[C@@]24OO3. The summed E-state index contributed by atoms with van der Waals surface area (Å²) in [6, 6.07) is 4.52. The molecule has 1 spiro atoms. The van der Waals surface area contributed by atoms with Gasteiger partial charge in [0, 0.05) is 31.2 Å². The first-order valence-corrected chi connectivity index (χ1v) is 13.3. The van der Waals surface area contributed by atoms with Gasteiger partial charge in [0.15, 0.2) is 23.4 Å². The van der Waals surface area contributed by atoms with E-state index in [4.69, 9.17) is 24.0 Å². The van der Waals surface area contributed by atoms with Crippen molar-refractivity contribution in [2.45, 2.75) is 89.7 Å². The Balaban J connectivity index is 1.14. The van der Waals surface area contributed by atoms with Crippen molar-refractivity contribution in [3.8, 4) is 11.5 Å². The van der Waals surface area contributed by atoms with E-state index in [0.29, 0.717) is 25.3 Å². The minimum absolute atomic E-state index is 0.0112. The standard InChI is InChI=1S/C27H37NO9/c1-15-4-6-19-16(2)24(34-25-27(19)18(15)10-12-26(3,35-25)36-37-27)33-23(32)9-8-22(31)28-13-11-17-5-7-20(29)21(30)14-17/h5,7,14-16,18-19,24-25,29-30H,4,6,8-13H2,1-3H3,(H,28,31)/t15-,16+,18-,19+,24+,25-,26-,27+/m0/s1. The molecular weight excluding hydrogens is 482 g/mol. The predicted octanol–water partition coefficient (Wildman–Crippen LogP) is 3.29. The maximum Gasteiger partial charge on any atom is 0.308 e. The number of carbonyl (C=O) groups excluding carboxylic acids is 2. The molecule has 10 heteroatoms. The number of hydrogen-bond donors (Lipinski definition) is 3. The van der Waals surface area contributed by atoms with Gasteiger partial charge in [-0.2, -0.15) is 0 Å². The highest BCUT2D eigenvalue weighted by Gasteiger charge is 2.69.